The first-order valence-electron chi connectivity index (χ1n) is 10.5. The van der Waals surface area contributed by atoms with Crippen LogP contribution in [-0.2, 0) is 9.59 Å². The van der Waals surface area contributed by atoms with Gasteiger partial charge in [0, 0.05) is 11.8 Å². The van der Waals surface area contributed by atoms with Gasteiger partial charge in [0.1, 0.15) is 0 Å². The molecule has 7 heteroatoms. The molecule has 0 radical (unpaired) electrons. The van der Waals surface area contributed by atoms with Crippen molar-refractivity contribution in [1.82, 2.24) is 10.3 Å². The highest BCUT2D eigenvalue weighted by molar-refractivity contribution is 8.01. The SMILES string of the molecule is CC(NC(=O)CSc1nc2ccc(NC(=O)C=Cc3ccccc3)cc2s1)c1ccccc1. The van der Waals surface area contributed by atoms with E-state index in [9.17, 15) is 9.59 Å². The third-order valence-electron chi connectivity index (χ3n) is 4.87. The number of carbonyl (C=O) groups is 2. The Morgan fingerprint density at radius 2 is 1.76 bits per heavy atom. The summed E-state index contributed by atoms with van der Waals surface area (Å²) in [7, 11) is 0. The quantitative estimate of drug-likeness (QED) is 0.246. The highest BCUT2D eigenvalue weighted by atomic mass is 32.2. The van der Waals surface area contributed by atoms with Crippen LogP contribution in [-0.4, -0.2) is 22.6 Å². The zero-order valence-electron chi connectivity index (χ0n) is 18.0. The summed E-state index contributed by atoms with van der Waals surface area (Å²) < 4.78 is 1.78. The Labute approximate surface area is 200 Å². The van der Waals surface area contributed by atoms with Crippen LogP contribution in [0.15, 0.2) is 89.3 Å². The molecule has 0 aliphatic rings. The minimum atomic E-state index is -0.193. The lowest BCUT2D eigenvalue weighted by Gasteiger charge is -2.13. The molecule has 3 aromatic carbocycles. The van der Waals surface area contributed by atoms with Gasteiger partial charge in [0.2, 0.25) is 11.8 Å². The third-order valence-corrected chi connectivity index (χ3v) is 7.03. The molecule has 0 fully saturated rings. The van der Waals surface area contributed by atoms with E-state index >= 15 is 0 Å². The standard InChI is InChI=1S/C26H23N3O2S2/c1-18(20-10-6-3-7-11-20)27-25(31)17-32-26-29-22-14-13-21(16-23(22)33-26)28-24(30)15-12-19-8-4-2-5-9-19/h2-16,18H,17H2,1H3,(H,27,31)(H,28,30). The van der Waals surface area contributed by atoms with Crippen LogP contribution in [0.2, 0.25) is 0 Å². The second-order valence-corrected chi connectivity index (χ2v) is 9.64. The van der Waals surface area contributed by atoms with Gasteiger partial charge in [0.15, 0.2) is 4.34 Å². The molecular weight excluding hydrogens is 450 g/mol. The van der Waals surface area contributed by atoms with E-state index < -0.39 is 0 Å². The number of nitrogens with one attached hydrogen (secondary N) is 2. The van der Waals surface area contributed by atoms with Gasteiger partial charge < -0.3 is 10.6 Å². The van der Waals surface area contributed by atoms with Crippen LogP contribution in [0, 0.1) is 0 Å². The summed E-state index contributed by atoms with van der Waals surface area (Å²) in [6.45, 7) is 1.97. The molecule has 166 valence electrons. The summed E-state index contributed by atoms with van der Waals surface area (Å²) in [5, 5.41) is 5.90. The number of aromatic nitrogens is 1. The number of thioether (sulfide) groups is 1. The summed E-state index contributed by atoms with van der Waals surface area (Å²) in [4.78, 5) is 29.2. The lowest BCUT2D eigenvalue weighted by atomic mass is 10.1. The molecule has 0 saturated heterocycles. The molecule has 4 aromatic rings. The Balaban J connectivity index is 1.32. The number of carbonyl (C=O) groups excluding carboxylic acids is 2. The number of hydrogen-bond donors (Lipinski definition) is 2. The fourth-order valence-corrected chi connectivity index (χ4v) is 5.12. The van der Waals surface area contributed by atoms with E-state index in [0.29, 0.717) is 11.4 Å². The Morgan fingerprint density at radius 3 is 2.52 bits per heavy atom. The Morgan fingerprint density at radius 1 is 1.03 bits per heavy atom. The van der Waals surface area contributed by atoms with Crippen molar-refractivity contribution < 1.29 is 9.59 Å². The number of amides is 2. The lowest BCUT2D eigenvalue weighted by molar-refractivity contribution is -0.119. The van der Waals surface area contributed by atoms with E-state index in [4.69, 9.17) is 0 Å². The molecule has 1 atom stereocenters. The second kappa shape index (κ2) is 10.9. The van der Waals surface area contributed by atoms with E-state index in [1.165, 1.54) is 29.2 Å². The summed E-state index contributed by atoms with van der Waals surface area (Å²) in [5.74, 6) is 0.0699. The molecule has 0 spiro atoms. The first kappa shape index (κ1) is 22.8. The lowest BCUT2D eigenvalue weighted by Crippen LogP contribution is -2.28. The van der Waals surface area contributed by atoms with E-state index in [1.54, 1.807) is 6.08 Å². The average molecular weight is 474 g/mol. The van der Waals surface area contributed by atoms with Crippen molar-refractivity contribution in [1.29, 1.82) is 0 Å². The summed E-state index contributed by atoms with van der Waals surface area (Å²) in [5.41, 5.74) is 3.59. The molecule has 2 amide bonds. The number of anilines is 1. The summed E-state index contributed by atoms with van der Waals surface area (Å²) in [6.07, 6.45) is 3.29. The van der Waals surface area contributed by atoms with Crippen molar-refractivity contribution in [3.8, 4) is 0 Å². The van der Waals surface area contributed by atoms with Crippen LogP contribution in [0.4, 0.5) is 5.69 Å². The largest absolute Gasteiger partial charge is 0.349 e. The number of benzene rings is 3. The van der Waals surface area contributed by atoms with Gasteiger partial charge in [-0.2, -0.15) is 0 Å². The van der Waals surface area contributed by atoms with Crippen molar-refractivity contribution >= 4 is 56.9 Å². The van der Waals surface area contributed by atoms with Gasteiger partial charge in [0.05, 0.1) is 22.0 Å². The molecule has 0 bridgehead atoms. The van der Waals surface area contributed by atoms with E-state index in [2.05, 4.69) is 15.6 Å². The monoisotopic (exact) mass is 473 g/mol. The smallest absolute Gasteiger partial charge is 0.248 e. The molecule has 0 saturated carbocycles. The maximum absolute atomic E-state index is 12.3. The number of nitrogens with zero attached hydrogens (tertiary/aromatic N) is 1. The highest BCUT2D eigenvalue weighted by Crippen LogP contribution is 2.31. The second-order valence-electron chi connectivity index (χ2n) is 7.38. The van der Waals surface area contributed by atoms with Crippen molar-refractivity contribution in [2.45, 2.75) is 17.3 Å². The average Bonchev–Trinajstić information content (AvgIpc) is 3.25. The Kier molecular flexibility index (Phi) is 7.55. The third kappa shape index (κ3) is 6.54. The molecule has 1 aromatic heterocycles. The van der Waals surface area contributed by atoms with Crippen LogP contribution in [0.5, 0.6) is 0 Å². The van der Waals surface area contributed by atoms with Crippen molar-refractivity contribution in [2.24, 2.45) is 0 Å². The molecule has 1 unspecified atom stereocenters. The minimum Gasteiger partial charge on any atom is -0.349 e. The topological polar surface area (TPSA) is 71.1 Å². The zero-order chi connectivity index (χ0) is 23.0. The maximum Gasteiger partial charge on any atom is 0.248 e. The predicted molar refractivity (Wildman–Crippen MR) is 137 cm³/mol. The zero-order valence-corrected chi connectivity index (χ0v) is 19.7. The normalized spacial score (nSPS) is 12.0. The Bertz CT molecular complexity index is 1270. The molecule has 0 aliphatic carbocycles. The van der Waals surface area contributed by atoms with Crippen LogP contribution in [0.25, 0.3) is 16.3 Å². The van der Waals surface area contributed by atoms with E-state index in [-0.39, 0.29) is 17.9 Å². The molecule has 5 nitrogen and oxygen atoms in total. The van der Waals surface area contributed by atoms with Gasteiger partial charge in [-0.05, 0) is 42.3 Å². The molecular formula is C26H23N3O2S2. The van der Waals surface area contributed by atoms with Crippen LogP contribution in [0.1, 0.15) is 24.1 Å². The van der Waals surface area contributed by atoms with Crippen LogP contribution in [0.3, 0.4) is 0 Å². The summed E-state index contributed by atoms with van der Waals surface area (Å²) >= 11 is 2.92. The van der Waals surface area contributed by atoms with Crippen molar-refractivity contribution in [3.05, 3.63) is 96.1 Å². The van der Waals surface area contributed by atoms with Crippen molar-refractivity contribution in [2.75, 3.05) is 11.1 Å². The molecule has 0 aliphatic heterocycles. The van der Waals surface area contributed by atoms with Gasteiger partial charge >= 0.3 is 0 Å². The molecule has 2 N–H and O–H groups in total. The van der Waals surface area contributed by atoms with Crippen LogP contribution >= 0.6 is 23.1 Å². The van der Waals surface area contributed by atoms with Gasteiger partial charge in [-0.25, -0.2) is 4.98 Å². The maximum atomic E-state index is 12.3. The number of rotatable bonds is 8. The molecule has 4 rings (SSSR count). The number of hydrogen-bond acceptors (Lipinski definition) is 5. The minimum absolute atomic E-state index is 0.0336. The van der Waals surface area contributed by atoms with E-state index in [1.807, 2.05) is 85.8 Å². The first-order valence-corrected chi connectivity index (χ1v) is 12.3. The summed E-state index contributed by atoms with van der Waals surface area (Å²) in [6, 6.07) is 25.1. The van der Waals surface area contributed by atoms with Crippen LogP contribution < -0.4 is 10.6 Å². The molecule has 1 heterocycles. The Hall–Kier alpha value is -3.42. The first-order chi connectivity index (χ1) is 16.1. The van der Waals surface area contributed by atoms with Crippen molar-refractivity contribution in [3.63, 3.8) is 0 Å². The predicted octanol–water partition coefficient (Wildman–Crippen LogP) is 5.92. The van der Waals surface area contributed by atoms with Gasteiger partial charge in [-0.1, -0.05) is 72.4 Å². The highest BCUT2D eigenvalue weighted by Gasteiger charge is 2.12. The number of thiazole rings is 1. The molecule has 33 heavy (non-hydrogen) atoms. The van der Waals surface area contributed by atoms with E-state index in [0.717, 1.165) is 25.7 Å². The number of fused-ring (bicyclic) bond motifs is 1. The van der Waals surface area contributed by atoms with Gasteiger partial charge in [0.25, 0.3) is 0 Å². The fourth-order valence-electron chi connectivity index (χ4n) is 3.20. The van der Waals surface area contributed by atoms with Gasteiger partial charge in [-0.3, -0.25) is 9.59 Å². The van der Waals surface area contributed by atoms with Gasteiger partial charge in [-0.15, -0.1) is 11.3 Å². The fraction of sp³-hybridized carbons (Fsp3) is 0.115.